The Bertz CT molecular complexity index is 625. The zero-order chi connectivity index (χ0) is 16.4. The largest absolute Gasteiger partial charge is 0.326 e. The first-order valence-electron chi connectivity index (χ1n) is 8.92. The van der Waals surface area contributed by atoms with Gasteiger partial charge in [-0.1, -0.05) is 31.4 Å². The third-order valence-electron chi connectivity index (χ3n) is 5.18. The number of hydrogen-bond acceptors (Lipinski definition) is 3. The summed E-state index contributed by atoms with van der Waals surface area (Å²) >= 11 is 0. The Morgan fingerprint density at radius 2 is 2.00 bits per heavy atom. The molecule has 0 radical (unpaired) electrons. The quantitative estimate of drug-likeness (QED) is 0.919. The minimum atomic E-state index is -0.126. The van der Waals surface area contributed by atoms with Gasteiger partial charge in [-0.2, -0.15) is 0 Å². The van der Waals surface area contributed by atoms with Crippen LogP contribution in [0.25, 0.3) is 0 Å². The molecule has 1 fully saturated rings. The van der Waals surface area contributed by atoms with Crippen molar-refractivity contribution >= 4 is 11.5 Å². The molecule has 3 heteroatoms. The molecule has 3 rings (SSSR count). The average Bonchev–Trinajstić information content (AvgIpc) is 2.54. The predicted molar refractivity (Wildman–Crippen MR) is 94.9 cm³/mol. The van der Waals surface area contributed by atoms with E-state index in [9.17, 15) is 4.79 Å². The second-order valence-electron chi connectivity index (χ2n) is 7.72. The molecule has 1 heterocycles. The number of Topliss-reactive ketones (excluding diaryl/α,β-unsaturated/α-hetero) is 1. The molecule has 1 aliphatic carbocycles. The molecule has 0 spiro atoms. The Hall–Kier alpha value is -1.48. The zero-order valence-electron chi connectivity index (χ0n) is 14.4. The van der Waals surface area contributed by atoms with Gasteiger partial charge in [-0.3, -0.25) is 9.79 Å². The van der Waals surface area contributed by atoms with E-state index in [4.69, 9.17) is 10.7 Å². The molecule has 0 bridgehead atoms. The molecule has 1 saturated carbocycles. The van der Waals surface area contributed by atoms with Gasteiger partial charge in [0.05, 0.1) is 11.3 Å². The van der Waals surface area contributed by atoms with E-state index < -0.39 is 0 Å². The summed E-state index contributed by atoms with van der Waals surface area (Å²) in [5, 5.41) is 0. The fraction of sp³-hybridized carbons (Fsp3) is 0.600. The highest BCUT2D eigenvalue weighted by atomic mass is 16.1. The van der Waals surface area contributed by atoms with Gasteiger partial charge >= 0.3 is 0 Å². The first-order valence-corrected chi connectivity index (χ1v) is 8.92. The Balaban J connectivity index is 1.87. The van der Waals surface area contributed by atoms with E-state index in [1.54, 1.807) is 0 Å². The van der Waals surface area contributed by atoms with Gasteiger partial charge in [0.25, 0.3) is 0 Å². The van der Waals surface area contributed by atoms with Crippen molar-refractivity contribution in [3.05, 3.63) is 34.9 Å². The lowest BCUT2D eigenvalue weighted by atomic mass is 9.81. The highest BCUT2D eigenvalue weighted by molar-refractivity contribution is 6.13. The lowest BCUT2D eigenvalue weighted by Gasteiger charge is -2.30. The van der Waals surface area contributed by atoms with Crippen molar-refractivity contribution in [1.82, 2.24) is 0 Å². The van der Waals surface area contributed by atoms with Crippen molar-refractivity contribution < 1.29 is 4.79 Å². The number of rotatable bonds is 4. The maximum Gasteiger partial charge on any atom is 0.141 e. The number of hydrogen-bond donors (Lipinski definition) is 1. The number of nitrogens with zero attached hydrogens (tertiary/aromatic N) is 1. The van der Waals surface area contributed by atoms with Crippen LogP contribution in [-0.2, 0) is 17.8 Å². The van der Waals surface area contributed by atoms with E-state index in [0.717, 1.165) is 36.1 Å². The Kier molecular flexibility index (Phi) is 4.67. The number of benzene rings is 1. The van der Waals surface area contributed by atoms with Crippen LogP contribution in [0.1, 0.15) is 69.1 Å². The summed E-state index contributed by atoms with van der Waals surface area (Å²) in [6, 6.07) is 6.40. The SMILES string of the molecule is CC1(C)Cc2ccc(CN)cc2C(CC(=O)C2CCCCC2)=N1. The molecule has 0 unspecified atom stereocenters. The van der Waals surface area contributed by atoms with Crippen LogP contribution in [-0.4, -0.2) is 17.0 Å². The van der Waals surface area contributed by atoms with Gasteiger partial charge in [0.2, 0.25) is 0 Å². The molecule has 2 N–H and O–H groups in total. The van der Waals surface area contributed by atoms with Crippen molar-refractivity contribution in [2.24, 2.45) is 16.6 Å². The van der Waals surface area contributed by atoms with Crippen LogP contribution in [0.15, 0.2) is 23.2 Å². The lowest BCUT2D eigenvalue weighted by Crippen LogP contribution is -2.31. The summed E-state index contributed by atoms with van der Waals surface area (Å²) in [6.45, 7) is 4.83. The molecule has 23 heavy (non-hydrogen) atoms. The number of aliphatic imine (C=N–C) groups is 1. The standard InChI is InChI=1S/C20H28N2O/c1-20(2)12-16-9-8-14(13-21)10-17(16)18(22-20)11-19(23)15-6-4-3-5-7-15/h8-10,15H,3-7,11-13,21H2,1-2H3. The summed E-state index contributed by atoms with van der Waals surface area (Å²) in [4.78, 5) is 17.7. The van der Waals surface area contributed by atoms with E-state index in [0.29, 0.717) is 18.7 Å². The molecule has 124 valence electrons. The topological polar surface area (TPSA) is 55.5 Å². The van der Waals surface area contributed by atoms with Crippen LogP contribution in [0.2, 0.25) is 0 Å². The van der Waals surface area contributed by atoms with Gasteiger partial charge in [0.15, 0.2) is 0 Å². The summed E-state index contributed by atoms with van der Waals surface area (Å²) in [5.41, 5.74) is 10.2. The van der Waals surface area contributed by atoms with Crippen molar-refractivity contribution in [3.8, 4) is 0 Å². The Morgan fingerprint density at radius 1 is 1.26 bits per heavy atom. The molecular weight excluding hydrogens is 284 g/mol. The third-order valence-corrected chi connectivity index (χ3v) is 5.18. The predicted octanol–water partition coefficient (Wildman–Crippen LogP) is 3.81. The van der Waals surface area contributed by atoms with Crippen LogP contribution in [0.3, 0.4) is 0 Å². The van der Waals surface area contributed by atoms with Gasteiger partial charge in [-0.15, -0.1) is 0 Å². The smallest absolute Gasteiger partial charge is 0.141 e. The minimum Gasteiger partial charge on any atom is -0.326 e. The first kappa shape index (κ1) is 16.4. The second kappa shape index (κ2) is 6.56. The van der Waals surface area contributed by atoms with Crippen LogP contribution >= 0.6 is 0 Å². The highest BCUT2D eigenvalue weighted by Gasteiger charge is 2.29. The monoisotopic (exact) mass is 312 g/mol. The number of carbonyl (C=O) groups excluding carboxylic acids is 1. The normalized spacial score (nSPS) is 20.7. The molecular formula is C20H28N2O. The van der Waals surface area contributed by atoms with Crippen LogP contribution in [0.4, 0.5) is 0 Å². The summed E-state index contributed by atoms with van der Waals surface area (Å²) in [7, 11) is 0. The summed E-state index contributed by atoms with van der Waals surface area (Å²) < 4.78 is 0. The number of nitrogens with two attached hydrogens (primary N) is 1. The molecule has 1 aliphatic heterocycles. The number of fused-ring (bicyclic) bond motifs is 1. The summed E-state index contributed by atoms with van der Waals surface area (Å²) in [5.74, 6) is 0.628. The third kappa shape index (κ3) is 3.72. The number of ketones is 1. The van der Waals surface area contributed by atoms with Crippen molar-refractivity contribution in [2.75, 3.05) is 0 Å². The van der Waals surface area contributed by atoms with E-state index >= 15 is 0 Å². The molecule has 0 atom stereocenters. The van der Waals surface area contributed by atoms with Crippen LogP contribution in [0.5, 0.6) is 0 Å². The fourth-order valence-corrected chi connectivity index (χ4v) is 3.97. The van der Waals surface area contributed by atoms with E-state index in [2.05, 4.69) is 32.0 Å². The summed E-state index contributed by atoms with van der Waals surface area (Å²) in [6.07, 6.45) is 7.20. The molecule has 3 nitrogen and oxygen atoms in total. The molecule has 1 aromatic rings. The zero-order valence-corrected chi connectivity index (χ0v) is 14.4. The average molecular weight is 312 g/mol. The minimum absolute atomic E-state index is 0.126. The highest BCUT2D eigenvalue weighted by Crippen LogP contribution is 2.31. The Labute approximate surface area is 139 Å². The molecule has 0 aromatic heterocycles. The molecule has 1 aromatic carbocycles. The lowest BCUT2D eigenvalue weighted by molar-refractivity contribution is -0.122. The maximum atomic E-state index is 12.7. The van der Waals surface area contributed by atoms with Crippen molar-refractivity contribution in [2.45, 2.75) is 70.9 Å². The van der Waals surface area contributed by atoms with E-state index in [1.807, 2.05) is 0 Å². The number of carbonyl (C=O) groups is 1. The van der Waals surface area contributed by atoms with Gasteiger partial charge in [-0.05, 0) is 55.9 Å². The van der Waals surface area contributed by atoms with Gasteiger partial charge in [0.1, 0.15) is 5.78 Å². The van der Waals surface area contributed by atoms with Crippen molar-refractivity contribution in [3.63, 3.8) is 0 Å². The maximum absolute atomic E-state index is 12.7. The van der Waals surface area contributed by atoms with E-state index in [1.165, 1.54) is 24.8 Å². The second-order valence-corrected chi connectivity index (χ2v) is 7.72. The van der Waals surface area contributed by atoms with Gasteiger partial charge < -0.3 is 5.73 Å². The van der Waals surface area contributed by atoms with Gasteiger partial charge in [0, 0.05) is 18.9 Å². The Morgan fingerprint density at radius 3 is 2.70 bits per heavy atom. The van der Waals surface area contributed by atoms with Crippen LogP contribution in [0, 0.1) is 5.92 Å². The fourth-order valence-electron chi connectivity index (χ4n) is 3.97. The van der Waals surface area contributed by atoms with Crippen molar-refractivity contribution in [1.29, 1.82) is 0 Å². The van der Waals surface area contributed by atoms with E-state index in [-0.39, 0.29) is 11.5 Å². The van der Waals surface area contributed by atoms with Crippen LogP contribution < -0.4 is 5.73 Å². The molecule has 0 saturated heterocycles. The first-order chi connectivity index (χ1) is 11.0. The van der Waals surface area contributed by atoms with Gasteiger partial charge in [-0.25, -0.2) is 0 Å². The molecule has 0 amide bonds. The molecule has 2 aliphatic rings.